The van der Waals surface area contributed by atoms with E-state index in [0.717, 1.165) is 67.2 Å². The minimum absolute atomic E-state index is 0.000112. The van der Waals surface area contributed by atoms with E-state index in [1.165, 1.54) is 68.4 Å². The average Bonchev–Trinajstić information content (AvgIpc) is 4.11. The molecule has 2 aliphatic carbocycles. The van der Waals surface area contributed by atoms with Crippen molar-refractivity contribution in [2.75, 3.05) is 50.7 Å². The molecule has 8 heterocycles. The minimum atomic E-state index is -0.762. The van der Waals surface area contributed by atoms with Gasteiger partial charge in [-0.3, -0.25) is 34.3 Å². The summed E-state index contributed by atoms with van der Waals surface area (Å²) in [6.45, 7) is 4.42. The topological polar surface area (TPSA) is 171 Å². The zero-order valence-corrected chi connectivity index (χ0v) is 42.3. The summed E-state index contributed by atoms with van der Waals surface area (Å²) in [6.07, 6.45) is 20.0. The van der Waals surface area contributed by atoms with E-state index in [1.54, 1.807) is 6.20 Å². The molecular weight excluding hydrogens is 955 g/mol. The molecule has 3 amide bonds. The highest BCUT2D eigenvalue weighted by molar-refractivity contribution is 6.04. The van der Waals surface area contributed by atoms with Gasteiger partial charge in [-0.25, -0.2) is 8.78 Å². The van der Waals surface area contributed by atoms with Crippen molar-refractivity contribution in [3.8, 4) is 35.4 Å². The molecule has 6 aromatic rings. The number of hydrogen-bond acceptors (Lipinski definition) is 12. The lowest BCUT2D eigenvalue weighted by Gasteiger charge is -2.55. The molecule has 1 spiro atoms. The number of nitrogens with zero attached hydrogens (tertiary/aromatic N) is 8. The largest absolute Gasteiger partial charge is 0.508 e. The number of halogens is 2. The number of amides is 3. The molecule has 2 bridgehead atoms. The fraction of sp³-hybridized carbons (Fsp3) is 0.500. The summed E-state index contributed by atoms with van der Waals surface area (Å²) in [5.74, 6) is 2.66. The first-order valence-electron chi connectivity index (χ1n) is 27.1. The van der Waals surface area contributed by atoms with Gasteiger partial charge in [-0.1, -0.05) is 24.1 Å². The van der Waals surface area contributed by atoms with Crippen molar-refractivity contribution < 1.29 is 33.0 Å². The van der Waals surface area contributed by atoms with Crippen LogP contribution in [0, 0.1) is 41.2 Å². The van der Waals surface area contributed by atoms with Crippen LogP contribution in [-0.4, -0.2) is 121 Å². The SMILES string of the molecule is C#Cc1c(F)ccc2cc(O)cc(-c3ncc4c(N5CC6CCC(C5)N6)nc(OC5CCN(CC(=O)N6CCC7(CC6)CC(C6CCC(c8ccc9c(C%10CCC(=O)NC%10=O)nn(C)c9c8)CC6)C7)C5)nc4c3F)c12. The van der Waals surface area contributed by atoms with E-state index in [-0.39, 0.29) is 75.4 Å². The summed E-state index contributed by atoms with van der Waals surface area (Å²) in [5.41, 5.74) is 3.44. The minimum Gasteiger partial charge on any atom is -0.508 e. The van der Waals surface area contributed by atoms with E-state index in [1.807, 2.05) is 11.7 Å². The van der Waals surface area contributed by atoms with Crippen molar-refractivity contribution >= 4 is 56.1 Å². The molecule has 4 atom stereocenters. The number of rotatable bonds is 9. The fourth-order valence-corrected chi connectivity index (χ4v) is 14.4. The summed E-state index contributed by atoms with van der Waals surface area (Å²) < 4.78 is 40.6. The number of nitrogens with one attached hydrogen (secondary N) is 2. The van der Waals surface area contributed by atoms with Gasteiger partial charge in [-0.15, -0.1) is 6.42 Å². The van der Waals surface area contributed by atoms with Gasteiger partial charge in [-0.05, 0) is 135 Å². The second kappa shape index (κ2) is 18.8. The number of fused-ring (bicyclic) bond motifs is 5. The molecule has 2 saturated carbocycles. The number of likely N-dealkylation sites (tertiary alicyclic amines) is 2. The zero-order valence-electron chi connectivity index (χ0n) is 42.3. The van der Waals surface area contributed by atoms with Crippen molar-refractivity contribution in [2.45, 2.75) is 113 Å². The number of benzene rings is 3. The first-order chi connectivity index (χ1) is 36.4. The highest BCUT2D eigenvalue weighted by atomic mass is 19.1. The average molecular weight is 1020 g/mol. The third-order valence-electron chi connectivity index (χ3n) is 18.4. The number of phenols is 1. The Labute approximate surface area is 433 Å². The van der Waals surface area contributed by atoms with Gasteiger partial charge in [0.15, 0.2) is 5.82 Å². The molecule has 388 valence electrons. The number of terminal acetylenes is 1. The monoisotopic (exact) mass is 1020 g/mol. The van der Waals surface area contributed by atoms with E-state index < -0.39 is 17.6 Å². The van der Waals surface area contributed by atoms with E-state index in [9.17, 15) is 19.5 Å². The van der Waals surface area contributed by atoms with E-state index in [0.29, 0.717) is 79.9 Å². The van der Waals surface area contributed by atoms with Gasteiger partial charge in [0.05, 0.1) is 34.6 Å². The number of aryl methyl sites for hydroxylation is 1. The number of ether oxygens (including phenoxy) is 1. The number of aromatic nitrogens is 5. The van der Waals surface area contributed by atoms with Crippen LogP contribution in [-0.2, 0) is 21.4 Å². The third-order valence-corrected chi connectivity index (χ3v) is 18.4. The molecule has 4 unspecified atom stereocenters. The number of carbonyl (C=O) groups is 3. The number of pyridine rings is 1. The van der Waals surface area contributed by atoms with Crippen LogP contribution in [0.15, 0.2) is 48.7 Å². The Morgan fingerprint density at radius 2 is 1.69 bits per heavy atom. The molecule has 0 radical (unpaired) electrons. The molecule has 17 heteroatoms. The maximum atomic E-state index is 17.2. The quantitative estimate of drug-likeness (QED) is 0.0959. The van der Waals surface area contributed by atoms with Crippen LogP contribution in [0.2, 0.25) is 0 Å². The smallest absolute Gasteiger partial charge is 0.319 e. The van der Waals surface area contributed by atoms with Gasteiger partial charge in [-0.2, -0.15) is 15.1 Å². The Hall–Kier alpha value is -6.77. The predicted octanol–water partition coefficient (Wildman–Crippen LogP) is 7.60. The van der Waals surface area contributed by atoms with Crippen LogP contribution < -0.4 is 20.3 Å². The summed E-state index contributed by atoms with van der Waals surface area (Å²) in [7, 11) is 1.94. The van der Waals surface area contributed by atoms with Crippen molar-refractivity contribution in [3.05, 3.63) is 77.1 Å². The van der Waals surface area contributed by atoms with Crippen molar-refractivity contribution in [1.82, 2.24) is 45.2 Å². The van der Waals surface area contributed by atoms with Crippen LogP contribution in [0.25, 0.3) is 43.8 Å². The Morgan fingerprint density at radius 3 is 2.45 bits per heavy atom. The van der Waals surface area contributed by atoms with E-state index in [4.69, 9.17) is 21.2 Å². The number of imide groups is 1. The molecule has 13 rings (SSSR count). The number of hydrogen-bond donors (Lipinski definition) is 3. The summed E-state index contributed by atoms with van der Waals surface area (Å²) >= 11 is 0. The van der Waals surface area contributed by atoms with Crippen molar-refractivity contribution in [1.29, 1.82) is 0 Å². The number of carbonyl (C=O) groups excluding carboxylic acids is 3. The van der Waals surface area contributed by atoms with Crippen LogP contribution in [0.3, 0.4) is 0 Å². The van der Waals surface area contributed by atoms with Crippen molar-refractivity contribution in [3.63, 3.8) is 0 Å². The normalized spacial score (nSPS) is 26.1. The Bertz CT molecular complexity index is 3340. The molecular formula is C58H62F2N10O5. The summed E-state index contributed by atoms with van der Waals surface area (Å²) in [6, 6.07) is 12.7. The van der Waals surface area contributed by atoms with Gasteiger partial charge in [0.25, 0.3) is 0 Å². The number of phenolic OH excluding ortho intramolecular Hbond substituents is 1. The Kier molecular flexibility index (Phi) is 12.0. The first kappa shape index (κ1) is 47.9. The molecule has 3 aromatic carbocycles. The van der Waals surface area contributed by atoms with Crippen LogP contribution in [0.5, 0.6) is 11.8 Å². The molecule has 5 aliphatic heterocycles. The number of piperazine rings is 1. The lowest BCUT2D eigenvalue weighted by Crippen LogP contribution is -2.51. The molecule has 7 fully saturated rings. The second-order valence-corrected chi connectivity index (χ2v) is 22.9. The lowest BCUT2D eigenvalue weighted by atomic mass is 9.53. The Balaban J connectivity index is 0.627. The predicted molar refractivity (Wildman–Crippen MR) is 279 cm³/mol. The summed E-state index contributed by atoms with van der Waals surface area (Å²) in [4.78, 5) is 58.8. The van der Waals surface area contributed by atoms with Crippen LogP contribution in [0.1, 0.15) is 112 Å². The second-order valence-electron chi connectivity index (χ2n) is 22.9. The van der Waals surface area contributed by atoms with Crippen LogP contribution >= 0.6 is 0 Å². The lowest BCUT2D eigenvalue weighted by molar-refractivity contribution is -0.137. The van der Waals surface area contributed by atoms with Gasteiger partial charge in [0, 0.05) is 87.4 Å². The van der Waals surface area contributed by atoms with Gasteiger partial charge in [0.2, 0.25) is 17.7 Å². The summed E-state index contributed by atoms with van der Waals surface area (Å²) in [5, 5.41) is 23.7. The van der Waals surface area contributed by atoms with E-state index in [2.05, 4.69) is 59.4 Å². The molecule has 5 saturated heterocycles. The fourth-order valence-electron chi connectivity index (χ4n) is 14.4. The van der Waals surface area contributed by atoms with Gasteiger partial charge < -0.3 is 25.0 Å². The Morgan fingerprint density at radius 1 is 0.907 bits per heavy atom. The molecule has 75 heavy (non-hydrogen) atoms. The highest BCUT2D eigenvalue weighted by Gasteiger charge is 2.49. The van der Waals surface area contributed by atoms with Crippen molar-refractivity contribution in [2.24, 2.45) is 24.3 Å². The maximum absolute atomic E-state index is 17.2. The molecule has 3 aromatic heterocycles. The van der Waals surface area contributed by atoms with E-state index >= 15 is 8.78 Å². The number of aromatic hydroxyl groups is 1. The maximum Gasteiger partial charge on any atom is 0.319 e. The number of anilines is 1. The van der Waals surface area contributed by atoms with Crippen LogP contribution in [0.4, 0.5) is 14.6 Å². The number of piperidine rings is 2. The first-order valence-corrected chi connectivity index (χ1v) is 27.1. The molecule has 15 nitrogen and oxygen atoms in total. The molecule has 3 N–H and O–H groups in total. The van der Waals surface area contributed by atoms with Gasteiger partial charge in [0.1, 0.15) is 34.7 Å². The zero-order chi connectivity index (χ0) is 51.3. The third kappa shape index (κ3) is 8.71. The standard InChI is InChI=1S/C58H62F2N10O5/c1-3-41-46(59)14-9-35-22-39(71)24-44(50(35)41)53-51(60)54-45(27-61-53)55(70-28-37-10-11-38(29-70)62-37)65-57(64-54)75-40-16-19-68(30-40)31-49(73)69-20-17-58(18-21-69)25-36(26-58)33-6-4-32(5-7-33)34-8-12-42-47(23-34)67(2)66-52(42)43-13-15-48(72)63-56(43)74/h1,8-9,12,14,22-24,27,32-33,36-38,40,43,62,71H,4-7,10-11,13,15-21,25-26,28-31H2,2H3,(H,63,72,74). The highest BCUT2D eigenvalue weighted by Crippen LogP contribution is 2.58. The molecule has 7 aliphatic rings. The van der Waals surface area contributed by atoms with Gasteiger partial charge >= 0.3 is 6.01 Å².